The normalized spacial score (nSPS) is 11.6. The molecule has 6 aromatic carbocycles. The van der Waals surface area contributed by atoms with Crippen molar-refractivity contribution in [2.24, 2.45) is 0 Å². The molecule has 0 aliphatic rings. The number of aromatic nitrogens is 1. The minimum Gasteiger partial charge on any atom is -0.497 e. The number of nitrogens with one attached hydrogen (secondary N) is 3. The van der Waals surface area contributed by atoms with Gasteiger partial charge in [0.2, 0.25) is 5.91 Å². The Bertz CT molecular complexity index is 2490. The molecule has 0 bridgehead atoms. The number of hydrogen-bond acceptors (Lipinski definition) is 8. The zero-order chi connectivity index (χ0) is 40.1. The minimum atomic E-state index is -0.594. The molecule has 1 unspecified atom stereocenters. The van der Waals surface area contributed by atoms with E-state index in [1.54, 1.807) is 49.6 Å². The number of thioether (sulfide) groups is 1. The fourth-order valence-corrected chi connectivity index (χ4v) is 7.53. The molecule has 11 heteroatoms. The van der Waals surface area contributed by atoms with E-state index in [0.29, 0.717) is 34.3 Å². The summed E-state index contributed by atoms with van der Waals surface area (Å²) in [4.78, 5) is 46.2. The van der Waals surface area contributed by atoms with Crippen LogP contribution in [-0.4, -0.2) is 29.8 Å². The molecule has 0 saturated carbocycles. The molecule has 7 rings (SSSR count). The van der Waals surface area contributed by atoms with Crippen molar-refractivity contribution in [1.29, 1.82) is 0 Å². The molecule has 1 atom stereocenters. The zero-order valence-electron chi connectivity index (χ0n) is 31.3. The minimum absolute atomic E-state index is 0.0582. The van der Waals surface area contributed by atoms with E-state index >= 15 is 0 Å². The van der Waals surface area contributed by atoms with Crippen LogP contribution in [0.5, 0.6) is 11.5 Å². The topological polar surface area (TPSA) is 119 Å². The van der Waals surface area contributed by atoms with Crippen LogP contribution >= 0.6 is 23.1 Å². The molecule has 3 N–H and O–H groups in total. The number of hydrogen-bond donors (Lipinski definition) is 3. The molecule has 0 saturated heterocycles. The van der Waals surface area contributed by atoms with Crippen LogP contribution in [0.2, 0.25) is 0 Å². The van der Waals surface area contributed by atoms with Crippen LogP contribution in [0.15, 0.2) is 180 Å². The third-order valence-corrected chi connectivity index (χ3v) is 10.8. The summed E-state index contributed by atoms with van der Waals surface area (Å²) in [6, 6.07) is 50.2. The number of carbonyl (C=O) groups excluding carboxylic acids is 3. The number of thiazole rings is 1. The predicted octanol–water partition coefficient (Wildman–Crippen LogP) is 10.3. The largest absolute Gasteiger partial charge is 0.497 e. The van der Waals surface area contributed by atoms with Crippen molar-refractivity contribution in [2.75, 3.05) is 17.7 Å². The van der Waals surface area contributed by atoms with Crippen LogP contribution in [0.4, 0.5) is 10.8 Å². The van der Waals surface area contributed by atoms with Crippen LogP contribution in [-0.2, 0) is 16.2 Å². The monoisotopic (exact) mass is 802 g/mol. The van der Waals surface area contributed by atoms with E-state index in [9.17, 15) is 14.4 Å². The van der Waals surface area contributed by atoms with Crippen LogP contribution in [0.25, 0.3) is 17.3 Å². The van der Waals surface area contributed by atoms with Gasteiger partial charge in [0, 0.05) is 27.1 Å². The highest BCUT2D eigenvalue weighted by Crippen LogP contribution is 2.37. The number of methoxy groups -OCH3 is 1. The van der Waals surface area contributed by atoms with Gasteiger partial charge in [0.25, 0.3) is 11.8 Å². The van der Waals surface area contributed by atoms with E-state index in [2.05, 4.69) is 20.9 Å². The Morgan fingerprint density at radius 2 is 1.43 bits per heavy atom. The van der Waals surface area contributed by atoms with Gasteiger partial charge in [-0.05, 0) is 83.4 Å². The molecular weight excluding hydrogens is 765 g/mol. The molecule has 288 valence electrons. The molecule has 0 spiro atoms. The van der Waals surface area contributed by atoms with E-state index < -0.39 is 17.1 Å². The summed E-state index contributed by atoms with van der Waals surface area (Å²) in [5.74, 6) is 0.247. The van der Waals surface area contributed by atoms with Crippen molar-refractivity contribution >= 4 is 57.7 Å². The summed E-state index contributed by atoms with van der Waals surface area (Å²) in [6.45, 7) is 0.424. The SMILES string of the molecule is COc1cccc(-c2csc(NC(=O)C(Sc3ccc(NC(=O)/C(=C/c4ccc(OCc5ccccc5)cc4)NC(=O)c4ccccc4)cc3)c3ccccc3)n2)c1. The van der Waals surface area contributed by atoms with Gasteiger partial charge < -0.3 is 25.4 Å². The van der Waals surface area contributed by atoms with Crippen molar-refractivity contribution in [3.63, 3.8) is 0 Å². The maximum Gasteiger partial charge on any atom is 0.272 e. The Morgan fingerprint density at radius 1 is 0.741 bits per heavy atom. The predicted molar refractivity (Wildman–Crippen MR) is 232 cm³/mol. The number of amides is 3. The Kier molecular flexibility index (Phi) is 13.1. The number of rotatable bonds is 15. The number of nitrogens with zero attached hydrogens (tertiary/aromatic N) is 1. The standard InChI is InChI=1S/C47H38N4O5S2/c1-55-39-19-11-18-36(29-39)42-31-57-47(50-42)51-46(54)43(34-14-7-3-8-15-34)58-40-26-22-37(23-27-40)48-45(53)41(49-44(52)35-16-9-4-10-17-35)28-32-20-24-38(25-21-32)56-30-33-12-5-2-6-13-33/h2-29,31,43H,30H2,1H3,(H,48,53)(H,49,52)(H,50,51,54)/b41-28-. The van der Waals surface area contributed by atoms with E-state index in [0.717, 1.165) is 33.0 Å². The highest BCUT2D eigenvalue weighted by atomic mass is 32.2. The van der Waals surface area contributed by atoms with E-state index in [1.807, 2.05) is 133 Å². The lowest BCUT2D eigenvalue weighted by Crippen LogP contribution is -2.30. The average molecular weight is 803 g/mol. The molecule has 0 radical (unpaired) electrons. The van der Waals surface area contributed by atoms with Gasteiger partial charge in [-0.15, -0.1) is 23.1 Å². The smallest absolute Gasteiger partial charge is 0.272 e. The van der Waals surface area contributed by atoms with Crippen LogP contribution in [0.3, 0.4) is 0 Å². The van der Waals surface area contributed by atoms with Gasteiger partial charge in [-0.3, -0.25) is 14.4 Å². The van der Waals surface area contributed by atoms with Gasteiger partial charge in [-0.2, -0.15) is 0 Å². The molecule has 9 nitrogen and oxygen atoms in total. The molecule has 1 heterocycles. The number of ether oxygens (including phenoxy) is 2. The highest BCUT2D eigenvalue weighted by molar-refractivity contribution is 8.00. The van der Waals surface area contributed by atoms with Gasteiger partial charge in [0.05, 0.1) is 12.8 Å². The van der Waals surface area contributed by atoms with Gasteiger partial charge in [0.1, 0.15) is 29.1 Å². The molecule has 1 aromatic heterocycles. The Balaban J connectivity index is 1.04. The lowest BCUT2D eigenvalue weighted by Gasteiger charge is -2.17. The summed E-state index contributed by atoms with van der Waals surface area (Å²) < 4.78 is 11.3. The average Bonchev–Trinajstić information content (AvgIpc) is 3.75. The summed E-state index contributed by atoms with van der Waals surface area (Å²) in [5.41, 5.74) is 5.17. The molecule has 0 aliphatic heterocycles. The fourth-order valence-electron chi connectivity index (χ4n) is 5.78. The van der Waals surface area contributed by atoms with E-state index in [4.69, 9.17) is 9.47 Å². The Labute approximate surface area is 344 Å². The highest BCUT2D eigenvalue weighted by Gasteiger charge is 2.24. The molecule has 3 amide bonds. The van der Waals surface area contributed by atoms with Crippen molar-refractivity contribution in [1.82, 2.24) is 10.3 Å². The van der Waals surface area contributed by atoms with Crippen LogP contribution in [0.1, 0.15) is 32.3 Å². The summed E-state index contributed by atoms with van der Waals surface area (Å²) in [7, 11) is 1.62. The first-order valence-electron chi connectivity index (χ1n) is 18.3. The van der Waals surface area contributed by atoms with Crippen molar-refractivity contribution < 1.29 is 23.9 Å². The summed E-state index contributed by atoms with van der Waals surface area (Å²) in [5, 5.41) is 10.5. The second-order valence-corrected chi connectivity index (χ2v) is 14.9. The second kappa shape index (κ2) is 19.3. The first-order chi connectivity index (χ1) is 28.4. The van der Waals surface area contributed by atoms with E-state index in [1.165, 1.54) is 23.1 Å². The van der Waals surface area contributed by atoms with Crippen LogP contribution < -0.4 is 25.4 Å². The Hall–Kier alpha value is -6.95. The van der Waals surface area contributed by atoms with Gasteiger partial charge in [0.15, 0.2) is 5.13 Å². The van der Waals surface area contributed by atoms with Gasteiger partial charge in [-0.1, -0.05) is 103 Å². The number of carbonyl (C=O) groups is 3. The van der Waals surface area contributed by atoms with Crippen molar-refractivity contribution in [2.45, 2.75) is 16.8 Å². The maximum atomic E-state index is 13.8. The lowest BCUT2D eigenvalue weighted by atomic mass is 10.1. The lowest BCUT2D eigenvalue weighted by molar-refractivity contribution is -0.116. The number of anilines is 2. The van der Waals surface area contributed by atoms with Crippen molar-refractivity contribution in [3.05, 3.63) is 197 Å². The van der Waals surface area contributed by atoms with Crippen LogP contribution in [0, 0.1) is 0 Å². The van der Waals surface area contributed by atoms with Gasteiger partial charge in [-0.25, -0.2) is 4.98 Å². The third kappa shape index (κ3) is 10.7. The fraction of sp³-hybridized carbons (Fsp3) is 0.0638. The quantitative estimate of drug-likeness (QED) is 0.0698. The molecule has 58 heavy (non-hydrogen) atoms. The second-order valence-electron chi connectivity index (χ2n) is 12.9. The first-order valence-corrected chi connectivity index (χ1v) is 20.0. The first kappa shape index (κ1) is 39.3. The summed E-state index contributed by atoms with van der Waals surface area (Å²) >= 11 is 2.73. The zero-order valence-corrected chi connectivity index (χ0v) is 33.0. The Morgan fingerprint density at radius 3 is 2.14 bits per heavy atom. The third-order valence-electron chi connectivity index (χ3n) is 8.77. The maximum absolute atomic E-state index is 13.8. The molecule has 0 fully saturated rings. The van der Waals surface area contributed by atoms with Gasteiger partial charge >= 0.3 is 0 Å². The van der Waals surface area contributed by atoms with Crippen molar-refractivity contribution in [3.8, 4) is 22.8 Å². The summed E-state index contributed by atoms with van der Waals surface area (Å²) in [6.07, 6.45) is 1.62. The number of benzene rings is 6. The molecule has 0 aliphatic carbocycles. The molecule has 7 aromatic rings. The molecular formula is C47H38N4O5S2. The van der Waals surface area contributed by atoms with E-state index in [-0.39, 0.29) is 11.6 Å².